The van der Waals surface area contributed by atoms with Crippen molar-refractivity contribution in [3.05, 3.63) is 82.9 Å². The Balaban J connectivity index is 1.84. The van der Waals surface area contributed by atoms with Crippen molar-refractivity contribution < 1.29 is 5.11 Å². The number of phenolic OH excluding ortho intramolecular Hbond substituents is 1. The predicted molar refractivity (Wildman–Crippen MR) is 106 cm³/mol. The maximum absolute atomic E-state index is 12.9. The van der Waals surface area contributed by atoms with Crippen molar-refractivity contribution in [1.82, 2.24) is 27.9 Å². The van der Waals surface area contributed by atoms with E-state index in [2.05, 4.69) is 0 Å². The number of phenols is 1. The van der Waals surface area contributed by atoms with Crippen molar-refractivity contribution in [1.29, 1.82) is 0 Å². The van der Waals surface area contributed by atoms with Crippen LogP contribution in [-0.2, 0) is 27.2 Å². The summed E-state index contributed by atoms with van der Waals surface area (Å²) in [5, 5.41) is 9.94. The molecule has 3 aromatic rings. The van der Waals surface area contributed by atoms with Crippen LogP contribution in [0, 0.1) is 6.92 Å². The van der Waals surface area contributed by atoms with E-state index < -0.39 is 34.8 Å². The molecule has 0 amide bonds. The topological polar surface area (TPSA) is 118 Å². The van der Waals surface area contributed by atoms with Crippen molar-refractivity contribution in [2.24, 2.45) is 14.1 Å². The van der Waals surface area contributed by atoms with Crippen LogP contribution in [0.4, 0.5) is 0 Å². The molecule has 0 saturated carbocycles. The quantitative estimate of drug-likeness (QED) is 0.504. The first-order chi connectivity index (χ1) is 14.2. The second kappa shape index (κ2) is 5.88. The van der Waals surface area contributed by atoms with Gasteiger partial charge in [0.05, 0.1) is 19.1 Å². The molecule has 0 aliphatic carbocycles. The fourth-order valence-corrected chi connectivity index (χ4v) is 4.52. The molecule has 0 spiro atoms. The molecule has 0 saturated heterocycles. The molecule has 1 N–H and O–H groups in total. The van der Waals surface area contributed by atoms with Gasteiger partial charge in [0.2, 0.25) is 0 Å². The average molecular weight is 412 g/mol. The van der Waals surface area contributed by atoms with Gasteiger partial charge in [0, 0.05) is 14.1 Å². The zero-order valence-corrected chi connectivity index (χ0v) is 16.6. The maximum Gasteiger partial charge on any atom is 0.347 e. The normalized spacial score (nSPS) is 19.8. The zero-order chi connectivity index (χ0) is 21.5. The SMILES string of the molecule is Cc1cc([C@H]2C3=CCn4c(=O)n(C)c(=O)n4[C@@H]3Cn3c(=O)n(C)c(=O)n32)ccc1O. The highest BCUT2D eigenvalue weighted by Crippen LogP contribution is 2.39. The molecule has 2 aliphatic rings. The third kappa shape index (κ3) is 2.14. The molecule has 4 heterocycles. The standard InChI is InChI=1S/C19H20N6O5/c1-10-8-11(4-5-14(10)26)15-12-6-7-22-16(27)20(2)18(29)24(22)13(12)9-23-17(28)21(3)19(30)25(15)23/h4-6,8,13,15,26H,7,9H2,1-3H3/t13-,15+/m1/s1. The van der Waals surface area contributed by atoms with E-state index in [1.54, 1.807) is 25.1 Å². The average Bonchev–Trinajstić information content (AvgIpc) is 3.09. The van der Waals surface area contributed by atoms with Gasteiger partial charge in [-0.3, -0.25) is 0 Å². The van der Waals surface area contributed by atoms with E-state index >= 15 is 0 Å². The number of nitrogens with zero attached hydrogens (tertiary/aromatic N) is 6. The van der Waals surface area contributed by atoms with Gasteiger partial charge in [-0.25, -0.2) is 47.0 Å². The lowest BCUT2D eigenvalue weighted by atomic mass is 9.89. The molecule has 0 fully saturated rings. The van der Waals surface area contributed by atoms with Crippen LogP contribution in [-0.4, -0.2) is 33.0 Å². The number of aromatic nitrogens is 6. The van der Waals surface area contributed by atoms with Gasteiger partial charge < -0.3 is 5.11 Å². The van der Waals surface area contributed by atoms with Crippen LogP contribution in [0.25, 0.3) is 0 Å². The lowest BCUT2D eigenvalue weighted by Crippen LogP contribution is -2.46. The van der Waals surface area contributed by atoms with Gasteiger partial charge in [0.1, 0.15) is 11.8 Å². The van der Waals surface area contributed by atoms with E-state index in [4.69, 9.17) is 0 Å². The minimum atomic E-state index is -0.652. The van der Waals surface area contributed by atoms with Crippen molar-refractivity contribution in [2.75, 3.05) is 0 Å². The number of aromatic hydroxyl groups is 1. The summed E-state index contributed by atoms with van der Waals surface area (Å²) in [5.74, 6) is 0.120. The summed E-state index contributed by atoms with van der Waals surface area (Å²) in [4.78, 5) is 50.9. The fraction of sp³-hybridized carbons (Fsp3) is 0.368. The van der Waals surface area contributed by atoms with Gasteiger partial charge in [-0.05, 0) is 35.8 Å². The molecule has 0 unspecified atom stereocenters. The third-order valence-corrected chi connectivity index (χ3v) is 6.12. The summed E-state index contributed by atoms with van der Waals surface area (Å²) in [7, 11) is 2.82. The van der Waals surface area contributed by atoms with E-state index in [1.807, 2.05) is 6.08 Å². The lowest BCUT2D eigenvalue weighted by Gasteiger charge is -2.37. The van der Waals surface area contributed by atoms with E-state index in [9.17, 15) is 24.3 Å². The molecule has 2 atom stereocenters. The lowest BCUT2D eigenvalue weighted by molar-refractivity contribution is 0.246. The van der Waals surface area contributed by atoms with Crippen LogP contribution < -0.4 is 22.8 Å². The summed E-state index contributed by atoms with van der Waals surface area (Å²) in [6.45, 7) is 1.98. The molecule has 5 rings (SSSR count). The number of hydrogen-bond donors (Lipinski definition) is 1. The highest BCUT2D eigenvalue weighted by molar-refractivity contribution is 5.41. The predicted octanol–water partition coefficient (Wildman–Crippen LogP) is -1.19. The largest absolute Gasteiger partial charge is 0.508 e. The van der Waals surface area contributed by atoms with Gasteiger partial charge in [-0.2, -0.15) is 0 Å². The number of fused-ring (bicyclic) bond motifs is 4. The second-order valence-corrected chi connectivity index (χ2v) is 7.77. The maximum atomic E-state index is 12.9. The Hall–Kier alpha value is -3.76. The van der Waals surface area contributed by atoms with Gasteiger partial charge in [0.25, 0.3) is 0 Å². The van der Waals surface area contributed by atoms with Crippen LogP contribution in [0.1, 0.15) is 23.2 Å². The number of allylic oxidation sites excluding steroid dienone is 2. The summed E-state index contributed by atoms with van der Waals surface area (Å²) in [5.41, 5.74) is 0.189. The molecule has 0 bridgehead atoms. The van der Waals surface area contributed by atoms with Crippen molar-refractivity contribution in [2.45, 2.75) is 32.1 Å². The van der Waals surface area contributed by atoms with Crippen LogP contribution in [0.15, 0.2) is 49.0 Å². The molecule has 2 aliphatic heterocycles. The fourth-order valence-electron chi connectivity index (χ4n) is 4.52. The summed E-state index contributed by atoms with van der Waals surface area (Å²) < 4.78 is 7.47. The Morgan fingerprint density at radius 3 is 2.20 bits per heavy atom. The molecule has 2 aromatic heterocycles. The van der Waals surface area contributed by atoms with E-state index in [-0.39, 0.29) is 18.8 Å². The minimum Gasteiger partial charge on any atom is -0.508 e. The van der Waals surface area contributed by atoms with Crippen molar-refractivity contribution in [3.8, 4) is 5.75 Å². The summed E-state index contributed by atoms with van der Waals surface area (Å²) >= 11 is 0. The number of aryl methyl sites for hydroxylation is 1. The Morgan fingerprint density at radius 1 is 0.900 bits per heavy atom. The highest BCUT2D eigenvalue weighted by Gasteiger charge is 2.40. The van der Waals surface area contributed by atoms with E-state index in [0.29, 0.717) is 11.1 Å². The monoisotopic (exact) mass is 412 g/mol. The van der Waals surface area contributed by atoms with E-state index in [0.717, 1.165) is 14.7 Å². The first-order valence-corrected chi connectivity index (χ1v) is 9.48. The Bertz CT molecular complexity index is 1490. The molecular formula is C19H20N6O5. The number of hydrogen-bond acceptors (Lipinski definition) is 5. The van der Waals surface area contributed by atoms with Crippen molar-refractivity contribution in [3.63, 3.8) is 0 Å². The molecule has 156 valence electrons. The molecule has 1 aromatic carbocycles. The van der Waals surface area contributed by atoms with Crippen LogP contribution >= 0.6 is 0 Å². The van der Waals surface area contributed by atoms with E-state index in [1.165, 1.54) is 32.8 Å². The smallest absolute Gasteiger partial charge is 0.347 e. The minimum absolute atomic E-state index is 0.0532. The number of rotatable bonds is 1. The summed E-state index contributed by atoms with van der Waals surface area (Å²) in [6, 6.07) is 3.74. The van der Waals surface area contributed by atoms with Crippen LogP contribution in [0.3, 0.4) is 0 Å². The molecule has 0 radical (unpaired) electrons. The van der Waals surface area contributed by atoms with Gasteiger partial charge in [-0.1, -0.05) is 12.1 Å². The van der Waals surface area contributed by atoms with Gasteiger partial charge in [-0.15, -0.1) is 0 Å². The zero-order valence-electron chi connectivity index (χ0n) is 16.6. The molecule has 11 heteroatoms. The van der Waals surface area contributed by atoms with Gasteiger partial charge in [0.15, 0.2) is 0 Å². The first kappa shape index (κ1) is 18.3. The molecule has 30 heavy (non-hydrogen) atoms. The van der Waals surface area contributed by atoms with Gasteiger partial charge >= 0.3 is 22.8 Å². The molecule has 11 nitrogen and oxygen atoms in total. The Labute approximate surface area is 168 Å². The van der Waals surface area contributed by atoms with Crippen LogP contribution in [0.2, 0.25) is 0 Å². The second-order valence-electron chi connectivity index (χ2n) is 7.77. The molecular weight excluding hydrogens is 392 g/mol. The van der Waals surface area contributed by atoms with Crippen LogP contribution in [0.5, 0.6) is 5.75 Å². The Morgan fingerprint density at radius 2 is 1.53 bits per heavy atom. The third-order valence-electron chi connectivity index (χ3n) is 6.12. The number of benzene rings is 1. The van der Waals surface area contributed by atoms with Crippen molar-refractivity contribution >= 4 is 0 Å². The summed E-state index contributed by atoms with van der Waals surface area (Å²) in [6.07, 6.45) is 1.84. The highest BCUT2D eigenvalue weighted by atomic mass is 16.3. The first-order valence-electron chi connectivity index (χ1n) is 9.48. The Kier molecular flexibility index (Phi) is 3.58.